The predicted molar refractivity (Wildman–Crippen MR) is 113 cm³/mol. The van der Waals surface area contributed by atoms with Crippen LogP contribution in [0.3, 0.4) is 0 Å². The third kappa shape index (κ3) is 6.57. The van der Waals surface area contributed by atoms with E-state index in [1.54, 1.807) is 18.2 Å². The Labute approximate surface area is 174 Å². The second kappa shape index (κ2) is 9.73. The third-order valence-corrected chi connectivity index (χ3v) is 5.98. The molecule has 0 aliphatic heterocycles. The molecule has 0 atom stereocenters. The van der Waals surface area contributed by atoms with Crippen molar-refractivity contribution >= 4 is 37.1 Å². The molecule has 2 aromatic rings. The Bertz CT molecular complexity index is 1120. The molecule has 13 heteroatoms. The lowest BCUT2D eigenvalue weighted by Gasteiger charge is -2.15. The molecule has 2 aromatic carbocycles. The van der Waals surface area contributed by atoms with Gasteiger partial charge < -0.3 is 10.1 Å². The highest BCUT2D eigenvalue weighted by Crippen LogP contribution is 2.31. The molecule has 0 bridgehead atoms. The summed E-state index contributed by atoms with van der Waals surface area (Å²) in [4.78, 5) is 10.1. The van der Waals surface area contributed by atoms with Crippen molar-refractivity contribution in [2.24, 2.45) is 0 Å². The van der Waals surface area contributed by atoms with Crippen molar-refractivity contribution in [2.75, 3.05) is 36.5 Å². The Morgan fingerprint density at radius 3 is 2.37 bits per heavy atom. The Morgan fingerprint density at radius 1 is 1.03 bits per heavy atom. The van der Waals surface area contributed by atoms with Gasteiger partial charge in [0.05, 0.1) is 29.7 Å². The summed E-state index contributed by atoms with van der Waals surface area (Å²) in [6.45, 7) is 0.387. The third-order valence-electron chi connectivity index (χ3n) is 3.85. The van der Waals surface area contributed by atoms with Gasteiger partial charge >= 0.3 is 0 Å². The number of benzene rings is 2. The SMILES string of the molecule is COc1ccccc1NS(=O)(=O)c1cc([N+](=O)[O-])ccc1NCCCNS(C)(=O)=O. The number of nitrogens with zero attached hydrogens (tertiary/aromatic N) is 1. The number of rotatable bonds is 11. The second-order valence-electron chi connectivity index (χ2n) is 6.19. The number of nitro groups is 1. The molecule has 0 heterocycles. The van der Waals surface area contributed by atoms with E-state index >= 15 is 0 Å². The molecule has 0 fully saturated rings. The molecule has 0 aliphatic carbocycles. The lowest BCUT2D eigenvalue weighted by molar-refractivity contribution is -0.385. The number of sulfonamides is 2. The zero-order chi connectivity index (χ0) is 22.4. The van der Waals surface area contributed by atoms with Crippen LogP contribution in [0.5, 0.6) is 5.75 Å². The Morgan fingerprint density at radius 2 is 1.73 bits per heavy atom. The molecule has 0 amide bonds. The Balaban J connectivity index is 2.28. The maximum absolute atomic E-state index is 13.0. The van der Waals surface area contributed by atoms with Crippen molar-refractivity contribution in [2.45, 2.75) is 11.3 Å². The lowest BCUT2D eigenvalue weighted by Crippen LogP contribution is -2.24. The van der Waals surface area contributed by atoms with Crippen LogP contribution in [-0.4, -0.2) is 48.2 Å². The minimum atomic E-state index is -4.21. The first-order valence-electron chi connectivity index (χ1n) is 8.66. The summed E-state index contributed by atoms with van der Waals surface area (Å²) in [7, 11) is -6.15. The summed E-state index contributed by atoms with van der Waals surface area (Å²) in [6, 6.07) is 9.77. The average molecular weight is 459 g/mol. The van der Waals surface area contributed by atoms with Crippen LogP contribution in [0.15, 0.2) is 47.4 Å². The van der Waals surface area contributed by atoms with Crippen LogP contribution < -0.4 is 19.5 Å². The van der Waals surface area contributed by atoms with Gasteiger partial charge in [0, 0.05) is 25.2 Å². The molecule has 0 saturated carbocycles. The van der Waals surface area contributed by atoms with E-state index in [1.165, 1.54) is 25.3 Å². The van der Waals surface area contributed by atoms with E-state index < -0.39 is 25.0 Å². The smallest absolute Gasteiger partial charge is 0.270 e. The van der Waals surface area contributed by atoms with E-state index in [1.807, 2.05) is 0 Å². The molecular formula is C17H22N4O7S2. The van der Waals surface area contributed by atoms with Crippen LogP contribution in [0.2, 0.25) is 0 Å². The molecule has 11 nitrogen and oxygen atoms in total. The highest BCUT2D eigenvalue weighted by molar-refractivity contribution is 7.93. The zero-order valence-electron chi connectivity index (χ0n) is 16.3. The number of hydrogen-bond acceptors (Lipinski definition) is 8. The summed E-state index contributed by atoms with van der Waals surface area (Å²) in [5.74, 6) is 0.285. The van der Waals surface area contributed by atoms with Gasteiger partial charge in [0.15, 0.2) is 0 Å². The summed E-state index contributed by atoms with van der Waals surface area (Å²) >= 11 is 0. The first kappa shape index (κ1) is 23.4. The minimum absolute atomic E-state index is 0.141. The van der Waals surface area contributed by atoms with Crippen molar-refractivity contribution in [3.05, 3.63) is 52.6 Å². The molecule has 0 radical (unpaired) electrons. The quantitative estimate of drug-likeness (QED) is 0.261. The summed E-state index contributed by atoms with van der Waals surface area (Å²) < 4.78 is 57.9. The predicted octanol–water partition coefficient (Wildman–Crippen LogP) is 1.76. The number of methoxy groups -OCH3 is 1. The van der Waals surface area contributed by atoms with Gasteiger partial charge in [-0.25, -0.2) is 21.6 Å². The Kier molecular flexibility index (Phi) is 7.59. The first-order chi connectivity index (χ1) is 14.0. The van der Waals surface area contributed by atoms with E-state index in [9.17, 15) is 26.9 Å². The van der Waals surface area contributed by atoms with Gasteiger partial charge in [-0.1, -0.05) is 12.1 Å². The number of nitro benzene ring substituents is 1. The van der Waals surface area contributed by atoms with Gasteiger partial charge in [-0.05, 0) is 24.6 Å². The summed E-state index contributed by atoms with van der Waals surface area (Å²) in [6.07, 6.45) is 1.40. The largest absolute Gasteiger partial charge is 0.495 e. The number of ether oxygens (including phenoxy) is 1. The monoisotopic (exact) mass is 458 g/mol. The fraction of sp³-hybridized carbons (Fsp3) is 0.294. The normalized spacial score (nSPS) is 11.7. The van der Waals surface area contributed by atoms with Crippen molar-refractivity contribution < 1.29 is 26.5 Å². The van der Waals surface area contributed by atoms with Crippen molar-refractivity contribution in [3.8, 4) is 5.75 Å². The molecule has 164 valence electrons. The van der Waals surface area contributed by atoms with Gasteiger partial charge in [0.2, 0.25) is 10.0 Å². The molecule has 0 aromatic heterocycles. The highest BCUT2D eigenvalue weighted by Gasteiger charge is 2.23. The van der Waals surface area contributed by atoms with Crippen LogP contribution in [0.25, 0.3) is 0 Å². The highest BCUT2D eigenvalue weighted by atomic mass is 32.2. The van der Waals surface area contributed by atoms with Crippen molar-refractivity contribution in [1.29, 1.82) is 0 Å². The van der Waals surface area contributed by atoms with Gasteiger partial charge in [-0.15, -0.1) is 0 Å². The number of nitrogens with one attached hydrogen (secondary N) is 3. The molecule has 0 spiro atoms. The van der Waals surface area contributed by atoms with Gasteiger partial charge in [0.1, 0.15) is 10.6 Å². The molecule has 3 N–H and O–H groups in total. The topological polar surface area (TPSA) is 157 Å². The number of anilines is 2. The van der Waals surface area contributed by atoms with E-state index in [0.29, 0.717) is 6.42 Å². The van der Waals surface area contributed by atoms with Crippen LogP contribution in [0.4, 0.5) is 17.1 Å². The van der Waals surface area contributed by atoms with Crippen LogP contribution in [0, 0.1) is 10.1 Å². The number of non-ortho nitro benzene ring substituents is 1. The van der Waals surface area contributed by atoms with Crippen LogP contribution in [0.1, 0.15) is 6.42 Å². The van der Waals surface area contributed by atoms with E-state index in [-0.39, 0.29) is 40.8 Å². The molecule has 0 aliphatic rings. The molecule has 30 heavy (non-hydrogen) atoms. The first-order valence-corrected chi connectivity index (χ1v) is 12.0. The van der Waals surface area contributed by atoms with Crippen LogP contribution in [-0.2, 0) is 20.0 Å². The lowest BCUT2D eigenvalue weighted by atomic mass is 10.2. The summed E-state index contributed by atoms with van der Waals surface area (Å²) in [5.41, 5.74) is -0.0724. The fourth-order valence-electron chi connectivity index (χ4n) is 2.49. The molecule has 0 unspecified atom stereocenters. The summed E-state index contributed by atoms with van der Waals surface area (Å²) in [5, 5.41) is 14.0. The average Bonchev–Trinajstić information content (AvgIpc) is 2.67. The standard InChI is InChI=1S/C17H22N4O7S2/c1-28-16-7-4-3-6-14(16)20-30(26,27)17-12-13(21(22)23)8-9-15(17)18-10-5-11-19-29(2,24)25/h3-4,6-9,12,18-20H,5,10-11H2,1-2H3. The van der Waals surface area contributed by atoms with E-state index in [2.05, 4.69) is 14.8 Å². The maximum atomic E-state index is 13.0. The fourth-order valence-corrected chi connectivity index (χ4v) is 4.28. The zero-order valence-corrected chi connectivity index (χ0v) is 17.9. The molecule has 2 rings (SSSR count). The van der Waals surface area contributed by atoms with Gasteiger partial charge in [-0.2, -0.15) is 0 Å². The van der Waals surface area contributed by atoms with Crippen LogP contribution >= 0.6 is 0 Å². The van der Waals surface area contributed by atoms with Crippen molar-refractivity contribution in [3.63, 3.8) is 0 Å². The number of hydrogen-bond donors (Lipinski definition) is 3. The van der Waals surface area contributed by atoms with E-state index in [0.717, 1.165) is 12.3 Å². The Hall–Kier alpha value is -2.90. The molecular weight excluding hydrogens is 436 g/mol. The van der Waals surface area contributed by atoms with Gasteiger partial charge in [0.25, 0.3) is 15.7 Å². The minimum Gasteiger partial charge on any atom is -0.495 e. The van der Waals surface area contributed by atoms with E-state index in [4.69, 9.17) is 4.74 Å². The van der Waals surface area contributed by atoms with Crippen molar-refractivity contribution in [1.82, 2.24) is 4.72 Å². The number of para-hydroxylation sites is 2. The van der Waals surface area contributed by atoms with Gasteiger partial charge in [-0.3, -0.25) is 14.8 Å². The maximum Gasteiger partial charge on any atom is 0.270 e. The molecule has 0 saturated heterocycles. The second-order valence-corrected chi connectivity index (χ2v) is 9.67.